The third kappa shape index (κ3) is 5.11. The zero-order valence-electron chi connectivity index (χ0n) is 13.8. The van der Waals surface area contributed by atoms with Crippen molar-refractivity contribution in [1.29, 1.82) is 0 Å². The first-order valence-corrected chi connectivity index (χ1v) is 7.82. The molecule has 0 fully saturated rings. The number of hydrogen-bond acceptors (Lipinski definition) is 5. The molecular formula is C17H14F3N5O2. The molecule has 7 nitrogen and oxygen atoms in total. The lowest BCUT2D eigenvalue weighted by molar-refractivity contribution is -0.137. The van der Waals surface area contributed by atoms with Gasteiger partial charge in [-0.3, -0.25) is 9.63 Å². The highest BCUT2D eigenvalue weighted by Crippen LogP contribution is 2.31. The molecule has 0 saturated heterocycles. The lowest BCUT2D eigenvalue weighted by Gasteiger charge is -2.06. The minimum Gasteiger partial charge on any atom is -0.271 e. The van der Waals surface area contributed by atoms with Gasteiger partial charge in [-0.1, -0.05) is 42.5 Å². The van der Waals surface area contributed by atoms with Gasteiger partial charge in [-0.15, -0.1) is 10.2 Å². The molecule has 0 aliphatic carbocycles. The molecule has 0 unspecified atom stereocenters. The maximum absolute atomic E-state index is 12.8. The molecule has 140 valence electrons. The molecule has 0 aliphatic rings. The Balaban J connectivity index is 1.57. The van der Waals surface area contributed by atoms with Crippen molar-refractivity contribution in [1.82, 2.24) is 25.7 Å². The summed E-state index contributed by atoms with van der Waals surface area (Å²) in [5, 5.41) is 11.3. The van der Waals surface area contributed by atoms with E-state index in [-0.39, 0.29) is 24.5 Å². The number of hydrogen-bond donors (Lipinski definition) is 1. The number of nitrogens with zero attached hydrogens (tertiary/aromatic N) is 4. The van der Waals surface area contributed by atoms with Gasteiger partial charge in [-0.05, 0) is 22.9 Å². The van der Waals surface area contributed by atoms with Crippen LogP contribution in [0.2, 0.25) is 0 Å². The first-order chi connectivity index (χ1) is 12.9. The number of carbonyl (C=O) groups excluding carboxylic acids is 1. The molecule has 0 atom stereocenters. The van der Waals surface area contributed by atoms with Crippen LogP contribution in [-0.4, -0.2) is 26.1 Å². The van der Waals surface area contributed by atoms with Gasteiger partial charge in [0.25, 0.3) is 5.91 Å². The summed E-state index contributed by atoms with van der Waals surface area (Å²) < 4.78 is 38.3. The number of halogens is 3. The number of carbonyl (C=O) groups is 1. The van der Waals surface area contributed by atoms with E-state index in [1.54, 1.807) is 0 Å². The van der Waals surface area contributed by atoms with Crippen LogP contribution in [-0.2, 0) is 29.0 Å². The molecule has 0 saturated carbocycles. The van der Waals surface area contributed by atoms with Gasteiger partial charge in [-0.2, -0.15) is 18.0 Å². The Kier molecular flexibility index (Phi) is 5.46. The number of amides is 1. The van der Waals surface area contributed by atoms with Crippen molar-refractivity contribution in [3.05, 3.63) is 65.7 Å². The van der Waals surface area contributed by atoms with Crippen molar-refractivity contribution < 1.29 is 22.8 Å². The van der Waals surface area contributed by atoms with Crippen molar-refractivity contribution in [3.63, 3.8) is 0 Å². The van der Waals surface area contributed by atoms with Gasteiger partial charge < -0.3 is 0 Å². The SMILES string of the molecule is O=C(Cn1nnc(-c2cccc(C(F)(F)F)c2)n1)NOCc1ccccc1. The van der Waals surface area contributed by atoms with Gasteiger partial charge >= 0.3 is 6.18 Å². The zero-order valence-corrected chi connectivity index (χ0v) is 13.8. The number of nitrogens with one attached hydrogen (secondary N) is 1. The Labute approximate surface area is 151 Å². The molecule has 0 bridgehead atoms. The topological polar surface area (TPSA) is 81.9 Å². The van der Waals surface area contributed by atoms with Crippen LogP contribution in [0.25, 0.3) is 11.4 Å². The van der Waals surface area contributed by atoms with Crippen LogP contribution in [0.3, 0.4) is 0 Å². The van der Waals surface area contributed by atoms with Gasteiger partial charge in [0.2, 0.25) is 5.82 Å². The largest absolute Gasteiger partial charge is 0.416 e. The van der Waals surface area contributed by atoms with Crippen molar-refractivity contribution in [3.8, 4) is 11.4 Å². The zero-order chi connectivity index (χ0) is 19.3. The molecule has 2 aromatic carbocycles. The van der Waals surface area contributed by atoms with E-state index in [1.807, 2.05) is 30.3 Å². The standard InChI is InChI=1S/C17H14F3N5O2/c18-17(19,20)14-8-4-7-13(9-14)16-21-24-25(22-16)10-15(26)23-27-11-12-5-2-1-3-6-12/h1-9H,10-11H2,(H,23,26). The molecule has 10 heteroatoms. The Bertz CT molecular complexity index is 912. The van der Waals surface area contributed by atoms with Crippen LogP contribution in [0.1, 0.15) is 11.1 Å². The van der Waals surface area contributed by atoms with E-state index in [1.165, 1.54) is 12.1 Å². The lowest BCUT2D eigenvalue weighted by Crippen LogP contribution is -2.28. The predicted octanol–water partition coefficient (Wildman–Crippen LogP) is 2.61. The van der Waals surface area contributed by atoms with Crippen LogP contribution in [0, 0.1) is 0 Å². The minimum atomic E-state index is -4.47. The summed E-state index contributed by atoms with van der Waals surface area (Å²) >= 11 is 0. The minimum absolute atomic E-state index is 0.0147. The molecule has 27 heavy (non-hydrogen) atoms. The normalized spacial score (nSPS) is 11.4. The molecular weight excluding hydrogens is 363 g/mol. The van der Waals surface area contributed by atoms with E-state index in [9.17, 15) is 18.0 Å². The summed E-state index contributed by atoms with van der Waals surface area (Å²) in [6, 6.07) is 13.8. The smallest absolute Gasteiger partial charge is 0.271 e. The van der Waals surface area contributed by atoms with Crippen LogP contribution in [0.15, 0.2) is 54.6 Å². The second-order valence-electron chi connectivity index (χ2n) is 5.52. The Morgan fingerprint density at radius 2 is 1.89 bits per heavy atom. The fourth-order valence-electron chi connectivity index (χ4n) is 2.20. The van der Waals surface area contributed by atoms with Gasteiger partial charge in [0, 0.05) is 5.56 Å². The van der Waals surface area contributed by atoms with E-state index in [2.05, 4.69) is 20.9 Å². The first kappa shape index (κ1) is 18.5. The summed E-state index contributed by atoms with van der Waals surface area (Å²) in [5.41, 5.74) is 2.45. The van der Waals surface area contributed by atoms with Crippen LogP contribution in [0.5, 0.6) is 0 Å². The fraction of sp³-hybridized carbons (Fsp3) is 0.176. The molecule has 1 amide bonds. The highest BCUT2D eigenvalue weighted by molar-refractivity contribution is 5.74. The monoisotopic (exact) mass is 377 g/mol. The Hall–Kier alpha value is -3.27. The first-order valence-electron chi connectivity index (χ1n) is 7.82. The number of rotatable bonds is 6. The maximum Gasteiger partial charge on any atom is 0.416 e. The molecule has 3 aromatic rings. The van der Waals surface area contributed by atoms with Gasteiger partial charge in [0.15, 0.2) is 0 Å². The molecule has 3 rings (SSSR count). The second kappa shape index (κ2) is 7.96. The van der Waals surface area contributed by atoms with Crippen LogP contribution < -0.4 is 5.48 Å². The molecule has 0 radical (unpaired) electrons. The van der Waals surface area contributed by atoms with Crippen LogP contribution >= 0.6 is 0 Å². The number of tetrazole rings is 1. The van der Waals surface area contributed by atoms with Crippen molar-refractivity contribution in [2.45, 2.75) is 19.3 Å². The van der Waals surface area contributed by atoms with E-state index in [4.69, 9.17) is 4.84 Å². The van der Waals surface area contributed by atoms with Crippen LogP contribution in [0.4, 0.5) is 13.2 Å². The number of alkyl halides is 3. The predicted molar refractivity (Wildman–Crippen MR) is 87.6 cm³/mol. The molecule has 1 heterocycles. The third-order valence-electron chi connectivity index (χ3n) is 3.45. The number of hydroxylamine groups is 1. The summed E-state index contributed by atoms with van der Waals surface area (Å²) in [6.45, 7) is -0.104. The summed E-state index contributed by atoms with van der Waals surface area (Å²) in [4.78, 5) is 17.9. The van der Waals surface area contributed by atoms with E-state index < -0.39 is 17.6 Å². The second-order valence-corrected chi connectivity index (χ2v) is 5.52. The average Bonchev–Trinajstić information content (AvgIpc) is 3.10. The van der Waals surface area contributed by atoms with Crippen molar-refractivity contribution in [2.24, 2.45) is 0 Å². The quantitative estimate of drug-likeness (QED) is 0.668. The fourth-order valence-corrected chi connectivity index (χ4v) is 2.20. The Morgan fingerprint density at radius 1 is 1.11 bits per heavy atom. The molecule has 1 N–H and O–H groups in total. The highest BCUT2D eigenvalue weighted by atomic mass is 19.4. The Morgan fingerprint density at radius 3 is 2.63 bits per heavy atom. The lowest BCUT2D eigenvalue weighted by atomic mass is 10.1. The average molecular weight is 377 g/mol. The van der Waals surface area contributed by atoms with E-state index in [0.717, 1.165) is 22.5 Å². The molecule has 0 aliphatic heterocycles. The van der Waals surface area contributed by atoms with Gasteiger partial charge in [-0.25, -0.2) is 5.48 Å². The summed E-state index contributed by atoms with van der Waals surface area (Å²) in [6.07, 6.45) is -4.47. The summed E-state index contributed by atoms with van der Waals surface area (Å²) in [7, 11) is 0. The van der Waals surface area contributed by atoms with Gasteiger partial charge in [0.1, 0.15) is 6.54 Å². The highest BCUT2D eigenvalue weighted by Gasteiger charge is 2.30. The maximum atomic E-state index is 12.8. The molecule has 1 aromatic heterocycles. The van der Waals surface area contributed by atoms with Crippen molar-refractivity contribution >= 4 is 5.91 Å². The van der Waals surface area contributed by atoms with E-state index in [0.29, 0.717) is 0 Å². The van der Waals surface area contributed by atoms with Gasteiger partial charge in [0.05, 0.1) is 12.2 Å². The number of aromatic nitrogens is 4. The van der Waals surface area contributed by atoms with E-state index >= 15 is 0 Å². The van der Waals surface area contributed by atoms with Crippen molar-refractivity contribution in [2.75, 3.05) is 0 Å². The summed E-state index contributed by atoms with van der Waals surface area (Å²) in [5.74, 6) is -0.543. The molecule has 0 spiro atoms. The number of benzene rings is 2. The third-order valence-corrected chi connectivity index (χ3v) is 3.45.